The summed E-state index contributed by atoms with van der Waals surface area (Å²) in [5.41, 5.74) is 9.33. The van der Waals surface area contributed by atoms with Gasteiger partial charge in [-0.2, -0.15) is 0 Å². The SMILES string of the molecule is CC(C)[Si](C#Cc1cc[c]c(-c2ccc(B3OC(C)(C)C(C)(C)O3)cc2)c1)(C(C)C)C(C)C. The molecule has 0 saturated carbocycles. The van der Waals surface area contributed by atoms with Gasteiger partial charge in [0.2, 0.25) is 0 Å². The third-order valence-electron chi connectivity index (χ3n) is 7.84. The highest BCUT2D eigenvalue weighted by Gasteiger charge is 2.51. The van der Waals surface area contributed by atoms with E-state index in [1.165, 1.54) is 0 Å². The monoisotopic (exact) mass is 459 g/mol. The van der Waals surface area contributed by atoms with E-state index in [0.717, 1.165) is 22.2 Å². The van der Waals surface area contributed by atoms with Crippen molar-refractivity contribution in [1.82, 2.24) is 0 Å². The van der Waals surface area contributed by atoms with E-state index in [1.807, 2.05) is 6.07 Å². The molecule has 0 aromatic heterocycles. The number of hydrogen-bond acceptors (Lipinski definition) is 2. The van der Waals surface area contributed by atoms with E-state index in [4.69, 9.17) is 9.31 Å². The minimum atomic E-state index is -1.75. The first kappa shape index (κ1) is 25.8. The lowest BCUT2D eigenvalue weighted by molar-refractivity contribution is 0.00578. The van der Waals surface area contributed by atoms with E-state index in [1.54, 1.807) is 0 Å². The Morgan fingerprint density at radius 3 is 1.82 bits per heavy atom. The summed E-state index contributed by atoms with van der Waals surface area (Å²) in [4.78, 5) is 0. The number of benzene rings is 2. The average Bonchev–Trinajstić information content (AvgIpc) is 2.95. The quantitative estimate of drug-likeness (QED) is 0.353. The number of rotatable bonds is 5. The van der Waals surface area contributed by atoms with Crippen molar-refractivity contribution in [3.63, 3.8) is 0 Å². The number of hydrogen-bond donors (Lipinski definition) is 0. The largest absolute Gasteiger partial charge is 0.494 e. The molecule has 0 bridgehead atoms. The fraction of sp³-hybridized carbons (Fsp3) is 0.517. The van der Waals surface area contributed by atoms with Crippen molar-refractivity contribution in [3.8, 4) is 22.6 Å². The molecule has 1 aliphatic heterocycles. The molecular formula is C29H40BO2Si. The summed E-state index contributed by atoms with van der Waals surface area (Å²) in [6.45, 7) is 22.4. The Kier molecular flexibility index (Phi) is 7.39. The molecule has 175 valence electrons. The molecule has 1 aliphatic rings. The second kappa shape index (κ2) is 9.45. The minimum absolute atomic E-state index is 0.336. The zero-order valence-electron chi connectivity index (χ0n) is 22.2. The normalized spacial score (nSPS) is 17.5. The molecule has 33 heavy (non-hydrogen) atoms. The first-order valence-corrected chi connectivity index (χ1v) is 14.5. The summed E-state index contributed by atoms with van der Waals surface area (Å²) in [5, 5.41) is 0. The van der Waals surface area contributed by atoms with Gasteiger partial charge in [0.25, 0.3) is 0 Å². The molecule has 1 radical (unpaired) electrons. The van der Waals surface area contributed by atoms with E-state index in [-0.39, 0.29) is 18.3 Å². The maximum Gasteiger partial charge on any atom is 0.494 e. The standard InChI is InChI=1S/C29H40BO2Si/c1-21(2)33(22(3)4,23(5)6)19-18-24-12-11-13-26(20-24)25-14-16-27(17-15-25)30-31-28(7,8)29(9,10)32-30/h11-12,14-17,20-23H,1-10H3. The molecule has 0 unspecified atom stereocenters. The van der Waals surface area contributed by atoms with Crippen LogP contribution in [0.3, 0.4) is 0 Å². The summed E-state index contributed by atoms with van der Waals surface area (Å²) in [7, 11) is -2.09. The zero-order chi connectivity index (χ0) is 24.6. The van der Waals surface area contributed by atoms with Crippen LogP contribution in [-0.4, -0.2) is 26.4 Å². The first-order valence-electron chi connectivity index (χ1n) is 12.3. The Hall–Kier alpha value is -1.80. The zero-order valence-corrected chi connectivity index (χ0v) is 23.2. The highest BCUT2D eigenvalue weighted by molar-refractivity contribution is 6.90. The Morgan fingerprint density at radius 2 is 1.33 bits per heavy atom. The van der Waals surface area contributed by atoms with Gasteiger partial charge in [0.05, 0.1) is 11.2 Å². The minimum Gasteiger partial charge on any atom is -0.399 e. The van der Waals surface area contributed by atoms with Crippen molar-refractivity contribution in [3.05, 3.63) is 54.1 Å². The van der Waals surface area contributed by atoms with Gasteiger partial charge in [0.1, 0.15) is 8.07 Å². The van der Waals surface area contributed by atoms with Crippen LogP contribution in [0.15, 0.2) is 42.5 Å². The van der Waals surface area contributed by atoms with Crippen molar-refractivity contribution in [2.45, 2.75) is 97.1 Å². The maximum atomic E-state index is 6.19. The average molecular weight is 460 g/mol. The highest BCUT2D eigenvalue weighted by atomic mass is 28.3. The van der Waals surface area contributed by atoms with E-state index < -0.39 is 8.07 Å². The molecule has 0 amide bonds. The van der Waals surface area contributed by atoms with Gasteiger partial charge >= 0.3 is 7.12 Å². The van der Waals surface area contributed by atoms with Gasteiger partial charge in [-0.05, 0) is 79.1 Å². The Labute approximate surface area is 203 Å². The van der Waals surface area contributed by atoms with Crippen molar-refractivity contribution < 1.29 is 9.31 Å². The lowest BCUT2D eigenvalue weighted by Gasteiger charge is -2.38. The molecule has 0 N–H and O–H groups in total. The van der Waals surface area contributed by atoms with Crippen molar-refractivity contribution in [1.29, 1.82) is 0 Å². The van der Waals surface area contributed by atoms with Gasteiger partial charge in [-0.3, -0.25) is 0 Å². The van der Waals surface area contributed by atoms with E-state index in [9.17, 15) is 0 Å². The molecule has 2 aromatic rings. The predicted molar refractivity (Wildman–Crippen MR) is 144 cm³/mol. The molecule has 1 saturated heterocycles. The van der Waals surface area contributed by atoms with Crippen LogP contribution in [0.2, 0.25) is 16.6 Å². The molecule has 3 rings (SSSR count). The van der Waals surface area contributed by atoms with Crippen LogP contribution in [0, 0.1) is 17.5 Å². The van der Waals surface area contributed by atoms with Gasteiger partial charge in [-0.15, -0.1) is 5.54 Å². The Balaban J connectivity index is 1.86. The van der Waals surface area contributed by atoms with Crippen LogP contribution in [-0.2, 0) is 9.31 Å². The van der Waals surface area contributed by atoms with Crippen LogP contribution < -0.4 is 5.46 Å². The summed E-state index contributed by atoms with van der Waals surface area (Å²) >= 11 is 0. The molecule has 4 heteroatoms. The van der Waals surface area contributed by atoms with Gasteiger partial charge < -0.3 is 9.31 Å². The van der Waals surface area contributed by atoms with E-state index >= 15 is 0 Å². The fourth-order valence-corrected chi connectivity index (χ4v) is 10.4. The Bertz CT molecular complexity index is 988. The van der Waals surface area contributed by atoms with E-state index in [2.05, 4.69) is 123 Å². The molecule has 1 heterocycles. The van der Waals surface area contributed by atoms with Crippen molar-refractivity contribution in [2.75, 3.05) is 0 Å². The van der Waals surface area contributed by atoms with Crippen LogP contribution in [0.5, 0.6) is 0 Å². The Morgan fingerprint density at radius 1 is 0.818 bits per heavy atom. The molecule has 0 aliphatic carbocycles. The summed E-state index contributed by atoms with van der Waals surface area (Å²) in [6.07, 6.45) is 0. The molecule has 0 spiro atoms. The lowest BCUT2D eigenvalue weighted by atomic mass is 9.78. The summed E-state index contributed by atoms with van der Waals surface area (Å²) in [5.74, 6) is 3.57. The van der Waals surface area contributed by atoms with Gasteiger partial charge in [0, 0.05) is 5.56 Å². The van der Waals surface area contributed by atoms with Gasteiger partial charge in [0.15, 0.2) is 0 Å². The van der Waals surface area contributed by atoms with E-state index in [0.29, 0.717) is 16.6 Å². The predicted octanol–water partition coefficient (Wildman–Crippen LogP) is 7.02. The summed E-state index contributed by atoms with van der Waals surface area (Å²) < 4.78 is 12.4. The molecule has 2 aromatic carbocycles. The second-order valence-corrected chi connectivity index (χ2v) is 16.9. The molecule has 2 nitrogen and oxygen atoms in total. The fourth-order valence-electron chi connectivity index (χ4n) is 5.12. The third-order valence-corrected chi connectivity index (χ3v) is 14.1. The maximum absolute atomic E-state index is 6.19. The third kappa shape index (κ3) is 5.02. The molecule has 0 atom stereocenters. The lowest BCUT2D eigenvalue weighted by Crippen LogP contribution is -2.43. The topological polar surface area (TPSA) is 18.5 Å². The highest BCUT2D eigenvalue weighted by Crippen LogP contribution is 2.41. The molecular weight excluding hydrogens is 419 g/mol. The van der Waals surface area contributed by atoms with Crippen molar-refractivity contribution >= 4 is 20.7 Å². The second-order valence-electron chi connectivity index (χ2n) is 11.3. The van der Waals surface area contributed by atoms with Crippen LogP contribution in [0.25, 0.3) is 11.1 Å². The van der Waals surface area contributed by atoms with Gasteiger partial charge in [-0.25, -0.2) is 0 Å². The molecule has 1 fully saturated rings. The van der Waals surface area contributed by atoms with Crippen LogP contribution in [0.4, 0.5) is 0 Å². The first-order chi connectivity index (χ1) is 15.3. The summed E-state index contributed by atoms with van der Waals surface area (Å²) in [6, 6.07) is 18.1. The van der Waals surface area contributed by atoms with Crippen molar-refractivity contribution in [2.24, 2.45) is 0 Å². The van der Waals surface area contributed by atoms with Crippen LogP contribution >= 0.6 is 0 Å². The smallest absolute Gasteiger partial charge is 0.399 e. The van der Waals surface area contributed by atoms with Gasteiger partial charge in [-0.1, -0.05) is 77.8 Å². The van der Waals surface area contributed by atoms with Crippen LogP contribution in [0.1, 0.15) is 74.8 Å².